The molecule has 9 heteroatoms. The Morgan fingerprint density at radius 3 is 2.86 bits per heavy atom. The Morgan fingerprint density at radius 1 is 1.39 bits per heavy atom. The van der Waals surface area contributed by atoms with Crippen molar-refractivity contribution in [2.45, 2.75) is 45.9 Å². The lowest BCUT2D eigenvalue weighted by Crippen LogP contribution is -2.32. The fraction of sp³-hybridized carbons (Fsp3) is 0.368. The molecule has 0 saturated carbocycles. The van der Waals surface area contributed by atoms with Gasteiger partial charge in [-0.2, -0.15) is 5.10 Å². The number of carbonyl (C=O) groups excluding carboxylic acids is 2. The van der Waals surface area contributed by atoms with Crippen molar-refractivity contribution in [3.05, 3.63) is 46.2 Å². The van der Waals surface area contributed by atoms with Crippen LogP contribution in [0.1, 0.15) is 43.2 Å². The molecule has 0 saturated heterocycles. The van der Waals surface area contributed by atoms with E-state index in [2.05, 4.69) is 36.8 Å². The number of aryl methyl sites for hydroxylation is 1. The topological polar surface area (TPSA) is 97.6 Å². The molecule has 1 atom stereocenters. The molecule has 148 valence electrons. The van der Waals surface area contributed by atoms with Crippen LogP contribution in [-0.2, 0) is 16.2 Å². The van der Waals surface area contributed by atoms with Crippen LogP contribution in [0.5, 0.6) is 0 Å². The van der Waals surface area contributed by atoms with Crippen LogP contribution in [0.2, 0.25) is 0 Å². The number of carbonyl (C=O) groups is 2. The summed E-state index contributed by atoms with van der Waals surface area (Å²) in [5, 5.41) is 13.8. The van der Waals surface area contributed by atoms with Gasteiger partial charge in [-0.15, -0.1) is 0 Å². The third-order valence-electron chi connectivity index (χ3n) is 4.10. The summed E-state index contributed by atoms with van der Waals surface area (Å²) in [5.74, 6) is -0.709. The minimum absolute atomic E-state index is 0.0397. The van der Waals surface area contributed by atoms with E-state index in [-0.39, 0.29) is 23.6 Å². The van der Waals surface area contributed by atoms with Crippen molar-refractivity contribution >= 4 is 39.1 Å². The van der Waals surface area contributed by atoms with Gasteiger partial charge in [0.2, 0.25) is 6.10 Å². The molecule has 0 aliphatic carbocycles. The van der Waals surface area contributed by atoms with E-state index in [4.69, 9.17) is 4.84 Å². The number of halogens is 1. The van der Waals surface area contributed by atoms with Gasteiger partial charge in [-0.05, 0) is 32.9 Å². The number of nitrogens with zero attached hydrogens (tertiary/aromatic N) is 3. The number of hydrogen-bond donors (Lipinski definition) is 2. The van der Waals surface area contributed by atoms with Crippen molar-refractivity contribution < 1.29 is 14.4 Å². The molecule has 8 nitrogen and oxygen atoms in total. The number of rotatable bonds is 6. The van der Waals surface area contributed by atoms with Gasteiger partial charge in [0.1, 0.15) is 0 Å². The maximum atomic E-state index is 12.7. The number of aromatic nitrogens is 2. The molecule has 28 heavy (non-hydrogen) atoms. The number of oxime groups is 1. The number of benzene rings is 1. The van der Waals surface area contributed by atoms with Crippen molar-refractivity contribution in [3.63, 3.8) is 0 Å². The quantitative estimate of drug-likeness (QED) is 0.710. The first kappa shape index (κ1) is 20.1. The molecule has 1 aromatic carbocycles. The third kappa shape index (κ3) is 4.59. The Morgan fingerprint density at radius 2 is 2.18 bits per heavy atom. The fourth-order valence-electron chi connectivity index (χ4n) is 2.74. The standard InChI is InChI=1S/C19H22BrN5O3/c1-4-25-10-15(17(23-25)19(27)21-11(2)3)22-18(26)16-9-14(24-28-16)12-6-5-7-13(20)8-12/h5-8,10-11,16H,4,9H2,1-3H3,(H,21,27)(H,22,26). The van der Waals surface area contributed by atoms with Crippen LogP contribution in [0, 0.1) is 0 Å². The first-order valence-electron chi connectivity index (χ1n) is 9.05. The average Bonchev–Trinajstić information content (AvgIpc) is 3.28. The predicted molar refractivity (Wildman–Crippen MR) is 109 cm³/mol. The van der Waals surface area contributed by atoms with E-state index in [1.807, 2.05) is 45.0 Å². The van der Waals surface area contributed by atoms with Crippen LogP contribution >= 0.6 is 15.9 Å². The minimum Gasteiger partial charge on any atom is -0.382 e. The molecular formula is C19H22BrN5O3. The lowest BCUT2D eigenvalue weighted by molar-refractivity contribution is -0.125. The van der Waals surface area contributed by atoms with E-state index < -0.39 is 6.10 Å². The first-order chi connectivity index (χ1) is 13.4. The molecular weight excluding hydrogens is 426 g/mol. The summed E-state index contributed by atoms with van der Waals surface area (Å²) in [6.07, 6.45) is 1.22. The summed E-state index contributed by atoms with van der Waals surface area (Å²) in [6.45, 7) is 6.20. The maximum Gasteiger partial charge on any atom is 0.274 e. The molecule has 1 aliphatic rings. The zero-order chi connectivity index (χ0) is 20.3. The maximum absolute atomic E-state index is 12.7. The summed E-state index contributed by atoms with van der Waals surface area (Å²) >= 11 is 3.42. The van der Waals surface area contributed by atoms with Gasteiger partial charge in [0, 0.05) is 35.2 Å². The number of anilines is 1. The summed E-state index contributed by atoms with van der Waals surface area (Å²) in [4.78, 5) is 30.4. The average molecular weight is 448 g/mol. The second-order valence-corrected chi connectivity index (χ2v) is 7.63. The molecule has 2 amide bonds. The van der Waals surface area contributed by atoms with E-state index in [0.717, 1.165) is 10.0 Å². The minimum atomic E-state index is -0.764. The molecule has 1 aliphatic heterocycles. The SMILES string of the molecule is CCn1cc(NC(=O)C2CC(c3cccc(Br)c3)=NO2)c(C(=O)NC(C)C)n1. The third-order valence-corrected chi connectivity index (χ3v) is 4.59. The summed E-state index contributed by atoms with van der Waals surface area (Å²) in [5.41, 5.74) is 2.11. The smallest absolute Gasteiger partial charge is 0.274 e. The largest absolute Gasteiger partial charge is 0.382 e. The van der Waals surface area contributed by atoms with E-state index in [1.54, 1.807) is 10.9 Å². The molecule has 0 bridgehead atoms. The van der Waals surface area contributed by atoms with Gasteiger partial charge in [0.15, 0.2) is 5.69 Å². The molecule has 3 rings (SSSR count). The molecule has 1 unspecified atom stereocenters. The molecule has 2 N–H and O–H groups in total. The highest BCUT2D eigenvalue weighted by Gasteiger charge is 2.30. The Labute approximate surface area is 171 Å². The second-order valence-electron chi connectivity index (χ2n) is 6.71. The van der Waals surface area contributed by atoms with E-state index in [9.17, 15) is 9.59 Å². The Bertz CT molecular complexity index is 922. The monoisotopic (exact) mass is 447 g/mol. The Hall–Kier alpha value is -2.68. The molecule has 0 radical (unpaired) electrons. The van der Waals surface area contributed by atoms with Crippen molar-refractivity contribution in [2.75, 3.05) is 5.32 Å². The summed E-state index contributed by atoms with van der Waals surface area (Å²) < 4.78 is 2.53. The summed E-state index contributed by atoms with van der Waals surface area (Å²) in [7, 11) is 0. The number of hydrogen-bond acceptors (Lipinski definition) is 5. The van der Waals surface area contributed by atoms with Gasteiger partial charge in [-0.25, -0.2) is 0 Å². The summed E-state index contributed by atoms with van der Waals surface area (Å²) in [6, 6.07) is 7.60. The van der Waals surface area contributed by atoms with E-state index in [0.29, 0.717) is 24.4 Å². The van der Waals surface area contributed by atoms with Gasteiger partial charge >= 0.3 is 0 Å². The van der Waals surface area contributed by atoms with Crippen molar-refractivity contribution in [2.24, 2.45) is 5.16 Å². The van der Waals surface area contributed by atoms with Gasteiger partial charge in [-0.3, -0.25) is 14.3 Å². The highest BCUT2D eigenvalue weighted by Crippen LogP contribution is 2.22. The fourth-order valence-corrected chi connectivity index (χ4v) is 3.14. The van der Waals surface area contributed by atoms with Crippen molar-refractivity contribution in [3.8, 4) is 0 Å². The molecule has 0 spiro atoms. The molecule has 1 aromatic heterocycles. The predicted octanol–water partition coefficient (Wildman–Crippen LogP) is 2.94. The van der Waals surface area contributed by atoms with E-state index >= 15 is 0 Å². The highest BCUT2D eigenvalue weighted by molar-refractivity contribution is 9.10. The lowest BCUT2D eigenvalue weighted by atomic mass is 10.0. The highest BCUT2D eigenvalue weighted by atomic mass is 79.9. The van der Waals surface area contributed by atoms with Crippen LogP contribution in [0.3, 0.4) is 0 Å². The number of amides is 2. The Balaban J connectivity index is 1.70. The Kier molecular flexibility index (Phi) is 6.13. The first-order valence-corrected chi connectivity index (χ1v) is 9.84. The van der Waals surface area contributed by atoms with Crippen LogP contribution < -0.4 is 10.6 Å². The van der Waals surface area contributed by atoms with Crippen LogP contribution in [0.15, 0.2) is 40.1 Å². The van der Waals surface area contributed by atoms with Crippen molar-refractivity contribution in [1.82, 2.24) is 15.1 Å². The van der Waals surface area contributed by atoms with Crippen molar-refractivity contribution in [1.29, 1.82) is 0 Å². The van der Waals surface area contributed by atoms with Gasteiger partial charge < -0.3 is 15.5 Å². The van der Waals surface area contributed by atoms with Gasteiger partial charge in [-0.1, -0.05) is 33.2 Å². The van der Waals surface area contributed by atoms with Crippen LogP contribution in [-0.4, -0.2) is 39.5 Å². The van der Waals surface area contributed by atoms with Crippen LogP contribution in [0.4, 0.5) is 5.69 Å². The van der Waals surface area contributed by atoms with Crippen LogP contribution in [0.25, 0.3) is 0 Å². The van der Waals surface area contributed by atoms with Gasteiger partial charge in [0.25, 0.3) is 11.8 Å². The lowest BCUT2D eigenvalue weighted by Gasteiger charge is -2.10. The molecule has 2 heterocycles. The molecule has 2 aromatic rings. The van der Waals surface area contributed by atoms with E-state index in [1.165, 1.54) is 0 Å². The second kappa shape index (κ2) is 8.55. The zero-order valence-electron chi connectivity index (χ0n) is 15.9. The zero-order valence-corrected chi connectivity index (χ0v) is 17.5. The normalized spacial score (nSPS) is 15.9. The van der Waals surface area contributed by atoms with Gasteiger partial charge in [0.05, 0.1) is 11.4 Å². The number of nitrogens with one attached hydrogen (secondary N) is 2. The molecule has 0 fully saturated rings.